The van der Waals surface area contributed by atoms with E-state index in [1.54, 1.807) is 0 Å². The van der Waals surface area contributed by atoms with E-state index in [0.717, 1.165) is 32.1 Å². The number of nitrogens with one attached hydrogen (secondary N) is 1. The fourth-order valence-corrected chi connectivity index (χ4v) is 4.07. The lowest BCUT2D eigenvalue weighted by Crippen LogP contribution is -2.26. The van der Waals surface area contributed by atoms with Crippen LogP contribution in [0.5, 0.6) is 0 Å². The van der Waals surface area contributed by atoms with Crippen LogP contribution in [0.25, 0.3) is 0 Å². The zero-order valence-corrected chi connectivity index (χ0v) is 19.9. The van der Waals surface area contributed by atoms with E-state index in [2.05, 4.69) is 60.7 Å². The molecule has 1 N–H and O–H groups in total. The lowest BCUT2D eigenvalue weighted by atomic mass is 9.76. The SMILES string of the molecule is CCC(=O)NCCCOCC(CCC(C)CC(C)(C)C)C(C)CC(C)(C)C. The van der Waals surface area contributed by atoms with Crippen LogP contribution in [-0.2, 0) is 9.53 Å². The van der Waals surface area contributed by atoms with Gasteiger partial charge in [-0.25, -0.2) is 0 Å². The summed E-state index contributed by atoms with van der Waals surface area (Å²) in [6.07, 6.45) is 6.51. The van der Waals surface area contributed by atoms with Gasteiger partial charge < -0.3 is 10.1 Å². The predicted octanol–water partition coefficient (Wildman–Crippen LogP) is 6.46. The van der Waals surface area contributed by atoms with Crippen LogP contribution in [0, 0.1) is 28.6 Å². The van der Waals surface area contributed by atoms with Gasteiger partial charge in [0.15, 0.2) is 0 Å². The highest BCUT2D eigenvalue weighted by molar-refractivity contribution is 5.75. The van der Waals surface area contributed by atoms with E-state index in [9.17, 15) is 4.79 Å². The number of hydrogen-bond donors (Lipinski definition) is 1. The fraction of sp³-hybridized carbons (Fsp3) is 0.958. The summed E-state index contributed by atoms with van der Waals surface area (Å²) in [5, 5.41) is 2.92. The molecule has 3 nitrogen and oxygen atoms in total. The molecule has 0 bridgehead atoms. The van der Waals surface area contributed by atoms with E-state index >= 15 is 0 Å². The van der Waals surface area contributed by atoms with Crippen LogP contribution in [0.3, 0.4) is 0 Å². The number of hydrogen-bond acceptors (Lipinski definition) is 2. The molecular formula is C24H49NO2. The van der Waals surface area contributed by atoms with Crippen molar-refractivity contribution in [2.24, 2.45) is 28.6 Å². The van der Waals surface area contributed by atoms with Crippen LogP contribution in [0.2, 0.25) is 0 Å². The minimum Gasteiger partial charge on any atom is -0.381 e. The van der Waals surface area contributed by atoms with Crippen molar-refractivity contribution in [2.75, 3.05) is 19.8 Å². The minimum atomic E-state index is 0.125. The molecule has 0 aliphatic rings. The Morgan fingerprint density at radius 1 is 0.963 bits per heavy atom. The first-order valence-corrected chi connectivity index (χ1v) is 11.2. The first-order valence-electron chi connectivity index (χ1n) is 11.2. The normalized spacial score (nSPS) is 16.0. The second kappa shape index (κ2) is 12.8. The quantitative estimate of drug-likeness (QED) is 0.371. The molecule has 3 unspecified atom stereocenters. The Labute approximate surface area is 170 Å². The zero-order chi connectivity index (χ0) is 21.1. The predicted molar refractivity (Wildman–Crippen MR) is 118 cm³/mol. The molecule has 3 heteroatoms. The van der Waals surface area contributed by atoms with Gasteiger partial charge in [-0.1, -0.05) is 68.7 Å². The maximum atomic E-state index is 11.3. The monoisotopic (exact) mass is 383 g/mol. The molecule has 0 rings (SSSR count). The Balaban J connectivity index is 4.42. The Morgan fingerprint density at radius 2 is 1.56 bits per heavy atom. The number of amides is 1. The summed E-state index contributed by atoms with van der Waals surface area (Å²) in [6.45, 7) is 23.0. The van der Waals surface area contributed by atoms with Gasteiger partial charge in [0.2, 0.25) is 5.91 Å². The Morgan fingerprint density at radius 3 is 2.07 bits per heavy atom. The van der Waals surface area contributed by atoms with Gasteiger partial charge in [0.25, 0.3) is 0 Å². The first kappa shape index (κ1) is 26.4. The molecule has 0 saturated carbocycles. The molecule has 0 aromatic rings. The minimum absolute atomic E-state index is 0.125. The first-order chi connectivity index (χ1) is 12.3. The molecule has 0 heterocycles. The van der Waals surface area contributed by atoms with Gasteiger partial charge >= 0.3 is 0 Å². The van der Waals surface area contributed by atoms with Gasteiger partial charge in [0.1, 0.15) is 0 Å². The van der Waals surface area contributed by atoms with E-state index in [-0.39, 0.29) is 5.91 Å². The molecule has 0 fully saturated rings. The van der Waals surface area contributed by atoms with E-state index < -0.39 is 0 Å². The third-order valence-electron chi connectivity index (χ3n) is 5.17. The van der Waals surface area contributed by atoms with E-state index in [4.69, 9.17) is 4.74 Å². The number of carbonyl (C=O) groups excluding carboxylic acids is 1. The lowest BCUT2D eigenvalue weighted by Gasteiger charge is -2.31. The average Bonchev–Trinajstić information content (AvgIpc) is 2.49. The summed E-state index contributed by atoms with van der Waals surface area (Å²) >= 11 is 0. The maximum absolute atomic E-state index is 11.3. The number of rotatable bonds is 13. The highest BCUT2D eigenvalue weighted by Gasteiger charge is 2.24. The molecule has 0 saturated heterocycles. The average molecular weight is 384 g/mol. The lowest BCUT2D eigenvalue weighted by molar-refractivity contribution is -0.120. The second-order valence-electron chi connectivity index (χ2n) is 11.1. The summed E-state index contributed by atoms with van der Waals surface area (Å²) in [7, 11) is 0. The largest absolute Gasteiger partial charge is 0.381 e. The van der Waals surface area contributed by atoms with Gasteiger partial charge in [-0.05, 0) is 54.3 Å². The Kier molecular flexibility index (Phi) is 12.5. The van der Waals surface area contributed by atoms with Crippen molar-refractivity contribution in [2.45, 2.75) is 101 Å². The summed E-state index contributed by atoms with van der Waals surface area (Å²) in [6, 6.07) is 0. The van der Waals surface area contributed by atoms with E-state index in [1.165, 1.54) is 25.7 Å². The summed E-state index contributed by atoms with van der Waals surface area (Å²) < 4.78 is 6.03. The van der Waals surface area contributed by atoms with Crippen molar-refractivity contribution in [1.82, 2.24) is 5.32 Å². The molecule has 162 valence electrons. The van der Waals surface area contributed by atoms with E-state index in [0.29, 0.717) is 29.1 Å². The molecule has 0 aliphatic carbocycles. The number of carbonyl (C=O) groups is 1. The molecule has 0 aliphatic heterocycles. The van der Waals surface area contributed by atoms with Gasteiger partial charge in [0, 0.05) is 26.2 Å². The standard InChI is InChI=1S/C24H49NO2/c1-10-22(26)25-14-11-15-27-18-21(20(3)17-24(7,8)9)13-12-19(2)16-23(4,5)6/h19-21H,10-18H2,1-9H3,(H,25,26). The summed E-state index contributed by atoms with van der Waals surface area (Å²) in [4.78, 5) is 11.3. The van der Waals surface area contributed by atoms with E-state index in [1.807, 2.05) is 6.92 Å². The Hall–Kier alpha value is -0.570. The molecule has 3 atom stereocenters. The van der Waals surface area contributed by atoms with Crippen LogP contribution < -0.4 is 5.32 Å². The fourth-order valence-electron chi connectivity index (χ4n) is 4.07. The number of ether oxygens (including phenoxy) is 1. The van der Waals surface area contributed by atoms with Crippen molar-refractivity contribution >= 4 is 5.91 Å². The van der Waals surface area contributed by atoms with Crippen molar-refractivity contribution in [3.8, 4) is 0 Å². The van der Waals surface area contributed by atoms with Crippen molar-refractivity contribution in [3.63, 3.8) is 0 Å². The maximum Gasteiger partial charge on any atom is 0.219 e. The van der Waals surface area contributed by atoms with Crippen molar-refractivity contribution < 1.29 is 9.53 Å². The summed E-state index contributed by atoms with van der Waals surface area (Å²) in [5.41, 5.74) is 0.768. The molecule has 0 aromatic heterocycles. The van der Waals surface area contributed by atoms with Gasteiger partial charge in [-0.15, -0.1) is 0 Å². The third-order valence-corrected chi connectivity index (χ3v) is 5.17. The van der Waals surface area contributed by atoms with Crippen LogP contribution in [0.1, 0.15) is 101 Å². The van der Waals surface area contributed by atoms with Crippen molar-refractivity contribution in [3.05, 3.63) is 0 Å². The van der Waals surface area contributed by atoms with Crippen LogP contribution in [0.4, 0.5) is 0 Å². The zero-order valence-electron chi connectivity index (χ0n) is 19.9. The molecule has 0 aromatic carbocycles. The third kappa shape index (κ3) is 16.1. The molecule has 0 radical (unpaired) electrons. The van der Waals surface area contributed by atoms with Crippen LogP contribution in [-0.4, -0.2) is 25.7 Å². The molecule has 1 amide bonds. The molecule has 0 spiro atoms. The van der Waals surface area contributed by atoms with Gasteiger partial charge in [-0.2, -0.15) is 0 Å². The topological polar surface area (TPSA) is 38.3 Å². The highest BCUT2D eigenvalue weighted by atomic mass is 16.5. The Bertz CT molecular complexity index is 392. The van der Waals surface area contributed by atoms with Crippen molar-refractivity contribution in [1.29, 1.82) is 0 Å². The van der Waals surface area contributed by atoms with Crippen LogP contribution in [0.15, 0.2) is 0 Å². The van der Waals surface area contributed by atoms with Crippen LogP contribution >= 0.6 is 0 Å². The smallest absolute Gasteiger partial charge is 0.219 e. The summed E-state index contributed by atoms with van der Waals surface area (Å²) in [5.74, 6) is 2.18. The molecule has 27 heavy (non-hydrogen) atoms. The van der Waals surface area contributed by atoms with Gasteiger partial charge in [0.05, 0.1) is 0 Å². The van der Waals surface area contributed by atoms with Gasteiger partial charge in [-0.3, -0.25) is 4.79 Å². The second-order valence-corrected chi connectivity index (χ2v) is 11.1. The highest BCUT2D eigenvalue weighted by Crippen LogP contribution is 2.33. The molecular weight excluding hydrogens is 334 g/mol.